The van der Waals surface area contributed by atoms with Gasteiger partial charge in [-0.05, 0) is 25.5 Å². The minimum absolute atomic E-state index is 0.0722. The van der Waals surface area contributed by atoms with Crippen LogP contribution in [-0.4, -0.2) is 41.5 Å². The Hall–Kier alpha value is -1.95. The molecule has 2 amide bonds. The van der Waals surface area contributed by atoms with Gasteiger partial charge >= 0.3 is 0 Å². The second-order valence-electron chi connectivity index (χ2n) is 5.28. The van der Waals surface area contributed by atoms with Gasteiger partial charge in [0, 0.05) is 11.3 Å². The highest BCUT2D eigenvalue weighted by atomic mass is 32.2. The number of carbonyl (C=O) groups excluding carboxylic acids is 2. The molecule has 1 aromatic rings. The standard InChI is InChI=1S/C17H22N2O3S/c1-4-7-12(2)17(21)19-11-23-10-14(19)16(20)18-13-8-5-6-9-15(13)22-3/h5-9,14H,4,10-11H2,1-3H3,(H,18,20)/b12-7+/t14-/m1/s1. The van der Waals surface area contributed by atoms with E-state index in [1.54, 1.807) is 42.8 Å². The number of benzene rings is 1. The molecule has 1 N–H and O–H groups in total. The van der Waals surface area contributed by atoms with E-state index in [1.807, 2.05) is 25.1 Å². The molecule has 0 aromatic heterocycles. The van der Waals surface area contributed by atoms with Crippen LogP contribution in [0.15, 0.2) is 35.9 Å². The van der Waals surface area contributed by atoms with E-state index in [2.05, 4.69) is 5.32 Å². The summed E-state index contributed by atoms with van der Waals surface area (Å²) in [6.07, 6.45) is 2.69. The van der Waals surface area contributed by atoms with Crippen LogP contribution < -0.4 is 10.1 Å². The Morgan fingerprint density at radius 1 is 1.43 bits per heavy atom. The summed E-state index contributed by atoms with van der Waals surface area (Å²) >= 11 is 1.59. The first-order chi connectivity index (χ1) is 11.1. The number of amides is 2. The summed E-state index contributed by atoms with van der Waals surface area (Å²) in [5.74, 6) is 1.49. The van der Waals surface area contributed by atoms with Crippen molar-refractivity contribution in [3.05, 3.63) is 35.9 Å². The van der Waals surface area contributed by atoms with Crippen molar-refractivity contribution in [1.29, 1.82) is 0 Å². The van der Waals surface area contributed by atoms with Crippen LogP contribution in [0.4, 0.5) is 5.69 Å². The largest absolute Gasteiger partial charge is 0.495 e. The number of carbonyl (C=O) groups is 2. The molecule has 1 heterocycles. The van der Waals surface area contributed by atoms with Gasteiger partial charge in [-0.15, -0.1) is 11.8 Å². The van der Waals surface area contributed by atoms with Gasteiger partial charge in [-0.3, -0.25) is 9.59 Å². The molecule has 6 heteroatoms. The maximum Gasteiger partial charge on any atom is 0.250 e. The van der Waals surface area contributed by atoms with E-state index in [1.165, 1.54) is 0 Å². The van der Waals surface area contributed by atoms with E-state index in [-0.39, 0.29) is 11.8 Å². The van der Waals surface area contributed by atoms with E-state index in [0.29, 0.717) is 28.6 Å². The van der Waals surface area contributed by atoms with Gasteiger partial charge in [-0.1, -0.05) is 25.1 Å². The minimum atomic E-state index is -0.461. The van der Waals surface area contributed by atoms with Gasteiger partial charge in [0.05, 0.1) is 18.7 Å². The van der Waals surface area contributed by atoms with Crippen LogP contribution in [0.1, 0.15) is 20.3 Å². The number of hydrogen-bond donors (Lipinski definition) is 1. The van der Waals surface area contributed by atoms with Crippen LogP contribution in [0, 0.1) is 0 Å². The van der Waals surface area contributed by atoms with Gasteiger partial charge in [0.2, 0.25) is 5.91 Å². The van der Waals surface area contributed by atoms with Crippen molar-refractivity contribution >= 4 is 29.3 Å². The number of thioether (sulfide) groups is 1. The van der Waals surface area contributed by atoms with Gasteiger partial charge in [-0.25, -0.2) is 0 Å². The van der Waals surface area contributed by atoms with E-state index in [0.717, 1.165) is 6.42 Å². The second-order valence-corrected chi connectivity index (χ2v) is 6.28. The van der Waals surface area contributed by atoms with E-state index >= 15 is 0 Å². The van der Waals surface area contributed by atoms with Crippen LogP contribution >= 0.6 is 11.8 Å². The Labute approximate surface area is 141 Å². The molecule has 1 aromatic carbocycles. The summed E-state index contributed by atoms with van der Waals surface area (Å²) in [4.78, 5) is 26.7. The molecule has 1 aliphatic rings. The predicted molar refractivity (Wildman–Crippen MR) is 93.6 cm³/mol. The predicted octanol–water partition coefficient (Wildman–Crippen LogP) is 2.89. The highest BCUT2D eigenvalue weighted by Gasteiger charge is 2.35. The average Bonchev–Trinajstić information content (AvgIpc) is 3.04. The Morgan fingerprint density at radius 3 is 2.87 bits per heavy atom. The Morgan fingerprint density at radius 2 is 2.17 bits per heavy atom. The number of allylic oxidation sites excluding steroid dienone is 1. The van der Waals surface area contributed by atoms with Gasteiger partial charge in [0.25, 0.3) is 5.91 Å². The maximum absolute atomic E-state index is 12.6. The monoisotopic (exact) mass is 334 g/mol. The van der Waals surface area contributed by atoms with Gasteiger partial charge in [-0.2, -0.15) is 0 Å². The second kappa shape index (κ2) is 8.06. The lowest BCUT2D eigenvalue weighted by molar-refractivity contribution is -0.133. The topological polar surface area (TPSA) is 58.6 Å². The molecule has 0 saturated carbocycles. The molecule has 1 saturated heterocycles. The average molecular weight is 334 g/mol. The molecule has 124 valence electrons. The third-order valence-electron chi connectivity index (χ3n) is 3.66. The number of nitrogens with one attached hydrogen (secondary N) is 1. The molecule has 0 radical (unpaired) electrons. The molecule has 5 nitrogen and oxygen atoms in total. The van der Waals surface area contributed by atoms with Gasteiger partial charge in [0.1, 0.15) is 11.8 Å². The van der Waals surface area contributed by atoms with Gasteiger partial charge in [0.15, 0.2) is 0 Å². The number of anilines is 1. The lowest BCUT2D eigenvalue weighted by Crippen LogP contribution is -2.44. The van der Waals surface area contributed by atoms with Crippen molar-refractivity contribution in [1.82, 2.24) is 4.90 Å². The Balaban J connectivity index is 2.12. The highest BCUT2D eigenvalue weighted by Crippen LogP contribution is 2.27. The summed E-state index contributed by atoms with van der Waals surface area (Å²) < 4.78 is 5.24. The molecule has 0 bridgehead atoms. The minimum Gasteiger partial charge on any atom is -0.495 e. The van der Waals surface area contributed by atoms with Crippen molar-refractivity contribution in [3.63, 3.8) is 0 Å². The van der Waals surface area contributed by atoms with Crippen LogP contribution in [0.2, 0.25) is 0 Å². The molecule has 23 heavy (non-hydrogen) atoms. The molecule has 1 aliphatic heterocycles. The fraction of sp³-hybridized carbons (Fsp3) is 0.412. The SMILES string of the molecule is CC/C=C(\C)C(=O)N1CSC[C@@H]1C(=O)Nc1ccccc1OC. The van der Waals surface area contributed by atoms with Gasteiger partial charge < -0.3 is 15.0 Å². The van der Waals surface area contributed by atoms with Crippen molar-refractivity contribution in [3.8, 4) is 5.75 Å². The van der Waals surface area contributed by atoms with Crippen LogP contribution in [0.25, 0.3) is 0 Å². The molecule has 1 fully saturated rings. The zero-order valence-corrected chi connectivity index (χ0v) is 14.5. The van der Waals surface area contributed by atoms with Crippen molar-refractivity contribution in [2.45, 2.75) is 26.3 Å². The van der Waals surface area contributed by atoms with E-state index in [9.17, 15) is 9.59 Å². The fourth-order valence-corrected chi connectivity index (χ4v) is 3.60. The number of para-hydroxylation sites is 2. The van der Waals surface area contributed by atoms with Crippen LogP contribution in [0.5, 0.6) is 5.75 Å². The first kappa shape index (κ1) is 17.4. The summed E-state index contributed by atoms with van der Waals surface area (Å²) in [6, 6.07) is 6.79. The Kier molecular flexibility index (Phi) is 6.10. The number of nitrogens with zero attached hydrogens (tertiary/aromatic N) is 1. The number of methoxy groups -OCH3 is 1. The lowest BCUT2D eigenvalue weighted by Gasteiger charge is -2.23. The zero-order valence-electron chi connectivity index (χ0n) is 13.7. The first-order valence-electron chi connectivity index (χ1n) is 7.57. The molecule has 1 atom stereocenters. The molecular formula is C17H22N2O3S. The normalized spacial score (nSPS) is 18.0. The summed E-state index contributed by atoms with van der Waals surface area (Å²) in [7, 11) is 1.56. The fourth-order valence-electron chi connectivity index (χ4n) is 2.44. The quantitative estimate of drug-likeness (QED) is 0.841. The number of ether oxygens (including phenoxy) is 1. The van der Waals surface area contributed by atoms with E-state index < -0.39 is 6.04 Å². The molecule has 0 unspecified atom stereocenters. The van der Waals surface area contributed by atoms with Crippen molar-refractivity contribution < 1.29 is 14.3 Å². The van der Waals surface area contributed by atoms with Crippen LogP contribution in [0.3, 0.4) is 0 Å². The molecule has 0 aliphatic carbocycles. The third kappa shape index (κ3) is 4.07. The van der Waals surface area contributed by atoms with Crippen molar-refractivity contribution in [2.24, 2.45) is 0 Å². The maximum atomic E-state index is 12.6. The van der Waals surface area contributed by atoms with Crippen molar-refractivity contribution in [2.75, 3.05) is 24.1 Å². The number of hydrogen-bond acceptors (Lipinski definition) is 4. The summed E-state index contributed by atoms with van der Waals surface area (Å²) in [5.41, 5.74) is 1.30. The zero-order chi connectivity index (χ0) is 16.8. The first-order valence-corrected chi connectivity index (χ1v) is 8.73. The Bertz CT molecular complexity index is 616. The third-order valence-corrected chi connectivity index (χ3v) is 4.67. The molecule has 2 rings (SSSR count). The lowest BCUT2D eigenvalue weighted by atomic mass is 10.2. The smallest absolute Gasteiger partial charge is 0.250 e. The highest BCUT2D eigenvalue weighted by molar-refractivity contribution is 7.99. The summed E-state index contributed by atoms with van der Waals surface area (Å²) in [6.45, 7) is 3.78. The number of rotatable bonds is 5. The van der Waals surface area contributed by atoms with Crippen LogP contribution in [-0.2, 0) is 9.59 Å². The summed E-state index contributed by atoms with van der Waals surface area (Å²) in [5, 5.41) is 2.87. The van der Waals surface area contributed by atoms with E-state index in [4.69, 9.17) is 4.74 Å². The molecular weight excluding hydrogens is 312 g/mol. The molecule has 0 spiro atoms.